The summed E-state index contributed by atoms with van der Waals surface area (Å²) >= 11 is 0. The van der Waals surface area contributed by atoms with Crippen molar-refractivity contribution in [3.63, 3.8) is 0 Å². The van der Waals surface area contributed by atoms with Gasteiger partial charge >= 0.3 is 0 Å². The second kappa shape index (κ2) is 8.32. The topological polar surface area (TPSA) is 21.8 Å². The van der Waals surface area contributed by atoms with Gasteiger partial charge in [0.1, 0.15) is 5.65 Å². The van der Waals surface area contributed by atoms with E-state index in [1.165, 1.54) is 83.2 Å². The number of aromatic nitrogens is 2. The average molecular weight is 590 g/mol. The van der Waals surface area contributed by atoms with Crippen molar-refractivity contribution in [3.8, 4) is 28.3 Å². The number of hydrogen-bond acceptors (Lipinski definition) is 2. The molecular weight excluding hydrogens is 561 g/mol. The molecule has 8 aromatic rings. The maximum Gasteiger partial charge on any atom is 0.252 e. The molecule has 0 saturated carbocycles. The molecule has 11 rings (SSSR count). The van der Waals surface area contributed by atoms with Crippen LogP contribution >= 0.6 is 0 Å². The highest BCUT2D eigenvalue weighted by Crippen LogP contribution is 2.51. The third kappa shape index (κ3) is 2.96. The van der Waals surface area contributed by atoms with Crippen LogP contribution in [0.4, 0.5) is 17.1 Å². The molecule has 0 aliphatic carbocycles. The number of ether oxygens (including phenoxy) is 1. The highest BCUT2D eigenvalue weighted by atomic mass is 16.5. The van der Waals surface area contributed by atoms with Crippen molar-refractivity contribution in [3.05, 3.63) is 132 Å². The Morgan fingerprint density at radius 2 is 1.33 bits per heavy atom. The predicted molar refractivity (Wildman–Crippen MR) is 191 cm³/mol. The second-order valence-electron chi connectivity index (χ2n) is 13.3. The standard InChI is InChI=1S/C41H28BN3O/c1-23-16-24(2)18-27(17-23)26-14-15-31-28(21-26)22-38-43(31)33-11-6-8-29-40(33)45(38)35-20-25(3)19-34-39(35)42(29)30-9-7-13-37-41(30)44(34)32-10-4-5-12-36(32)46-37/h4-22H,1-3H3. The molecule has 0 fully saturated rings. The van der Waals surface area contributed by atoms with Crippen LogP contribution < -0.4 is 26.0 Å². The van der Waals surface area contributed by atoms with Crippen molar-refractivity contribution >= 4 is 67.7 Å². The maximum atomic E-state index is 6.54. The molecule has 0 spiro atoms. The summed E-state index contributed by atoms with van der Waals surface area (Å²) in [5.41, 5.74) is 20.0. The molecule has 0 saturated heterocycles. The van der Waals surface area contributed by atoms with Gasteiger partial charge in [0, 0.05) is 16.8 Å². The molecule has 5 heteroatoms. The lowest BCUT2D eigenvalue weighted by Crippen LogP contribution is -2.60. The van der Waals surface area contributed by atoms with Gasteiger partial charge in [-0.2, -0.15) is 0 Å². The second-order valence-corrected chi connectivity index (χ2v) is 13.3. The van der Waals surface area contributed by atoms with E-state index in [0.717, 1.165) is 22.9 Å². The molecule has 6 aromatic carbocycles. The molecule has 2 aromatic heterocycles. The van der Waals surface area contributed by atoms with Gasteiger partial charge in [-0.05, 0) is 108 Å². The van der Waals surface area contributed by atoms with Crippen molar-refractivity contribution in [2.75, 3.05) is 4.90 Å². The average Bonchev–Trinajstić information content (AvgIpc) is 3.58. The molecule has 3 aliphatic heterocycles. The Morgan fingerprint density at radius 1 is 0.565 bits per heavy atom. The van der Waals surface area contributed by atoms with Crippen LogP contribution in [0.5, 0.6) is 11.5 Å². The first-order valence-corrected chi connectivity index (χ1v) is 16.1. The Labute approximate surface area is 266 Å². The van der Waals surface area contributed by atoms with E-state index in [1.807, 2.05) is 0 Å². The number of rotatable bonds is 1. The number of anilines is 3. The summed E-state index contributed by atoms with van der Waals surface area (Å²) in [7, 11) is 0. The van der Waals surface area contributed by atoms with Gasteiger partial charge in [0.2, 0.25) is 0 Å². The predicted octanol–water partition coefficient (Wildman–Crippen LogP) is 8.35. The first-order valence-electron chi connectivity index (χ1n) is 16.1. The van der Waals surface area contributed by atoms with E-state index >= 15 is 0 Å². The van der Waals surface area contributed by atoms with Gasteiger partial charge in [-0.3, -0.25) is 8.97 Å². The fourth-order valence-electron chi connectivity index (χ4n) is 8.72. The smallest absolute Gasteiger partial charge is 0.252 e. The van der Waals surface area contributed by atoms with Gasteiger partial charge in [-0.1, -0.05) is 71.8 Å². The van der Waals surface area contributed by atoms with Crippen molar-refractivity contribution in [2.24, 2.45) is 0 Å². The number of para-hydroxylation sites is 4. The van der Waals surface area contributed by atoms with E-state index in [4.69, 9.17) is 4.74 Å². The molecule has 0 N–H and O–H groups in total. The Morgan fingerprint density at radius 3 is 2.22 bits per heavy atom. The Bertz CT molecular complexity index is 2660. The maximum absolute atomic E-state index is 6.54. The van der Waals surface area contributed by atoms with Crippen molar-refractivity contribution in [1.82, 2.24) is 8.97 Å². The number of imidazole rings is 1. The first-order chi connectivity index (χ1) is 22.5. The van der Waals surface area contributed by atoms with Gasteiger partial charge in [0.15, 0.2) is 11.5 Å². The quantitative estimate of drug-likeness (QED) is 0.180. The summed E-state index contributed by atoms with van der Waals surface area (Å²) in [5, 5.41) is 1.25. The number of nitrogens with zero attached hydrogens (tertiary/aromatic N) is 3. The zero-order chi connectivity index (χ0) is 30.4. The molecule has 3 aliphatic rings. The lowest BCUT2D eigenvalue weighted by Gasteiger charge is -2.43. The van der Waals surface area contributed by atoms with E-state index in [9.17, 15) is 0 Å². The molecule has 46 heavy (non-hydrogen) atoms. The number of benzene rings is 6. The van der Waals surface area contributed by atoms with E-state index in [1.54, 1.807) is 0 Å². The van der Waals surface area contributed by atoms with Crippen LogP contribution in [0, 0.1) is 20.8 Å². The van der Waals surface area contributed by atoms with Crippen LogP contribution in [0.2, 0.25) is 0 Å². The molecule has 0 atom stereocenters. The summed E-state index contributed by atoms with van der Waals surface area (Å²) in [6.45, 7) is 6.68. The van der Waals surface area contributed by atoms with Crippen molar-refractivity contribution in [2.45, 2.75) is 20.8 Å². The number of aryl methyl sites for hydroxylation is 3. The molecule has 216 valence electrons. The lowest BCUT2D eigenvalue weighted by atomic mass is 9.33. The summed E-state index contributed by atoms with van der Waals surface area (Å²) in [5.74, 6) is 1.80. The fourth-order valence-corrected chi connectivity index (χ4v) is 8.72. The third-order valence-corrected chi connectivity index (χ3v) is 10.3. The van der Waals surface area contributed by atoms with Crippen LogP contribution in [-0.2, 0) is 0 Å². The van der Waals surface area contributed by atoms with Gasteiger partial charge in [0.25, 0.3) is 6.71 Å². The van der Waals surface area contributed by atoms with Crippen LogP contribution in [0.25, 0.3) is 44.4 Å². The first kappa shape index (κ1) is 24.6. The Balaban J connectivity index is 1.25. The fraction of sp³-hybridized carbons (Fsp3) is 0.0732. The van der Waals surface area contributed by atoms with Gasteiger partial charge in [-0.15, -0.1) is 0 Å². The van der Waals surface area contributed by atoms with E-state index in [0.29, 0.717) is 0 Å². The minimum Gasteiger partial charge on any atom is -0.453 e. The Hall–Kier alpha value is -5.68. The van der Waals surface area contributed by atoms with Crippen LogP contribution in [-0.4, -0.2) is 15.7 Å². The number of fused-ring (bicyclic) bond motifs is 11. The van der Waals surface area contributed by atoms with Crippen molar-refractivity contribution < 1.29 is 4.74 Å². The molecule has 5 heterocycles. The molecule has 0 bridgehead atoms. The molecule has 0 unspecified atom stereocenters. The SMILES string of the molecule is Cc1cc(C)cc(-c2ccc3c(c2)cc2n4c5c(cccc5n32)B2c3cccc5c3N(c3ccccc3O5)c3cc(C)cc-4c32)c1. The minimum absolute atomic E-state index is 0.101. The minimum atomic E-state index is 0.101. The molecule has 0 amide bonds. The van der Waals surface area contributed by atoms with Crippen LogP contribution in [0.15, 0.2) is 115 Å². The normalized spacial score (nSPS) is 13.6. The van der Waals surface area contributed by atoms with Gasteiger partial charge < -0.3 is 9.64 Å². The highest BCUT2D eigenvalue weighted by Gasteiger charge is 2.45. The summed E-state index contributed by atoms with van der Waals surface area (Å²) in [6, 6.07) is 42.8. The Kier molecular flexibility index (Phi) is 4.45. The monoisotopic (exact) mass is 589 g/mol. The largest absolute Gasteiger partial charge is 0.453 e. The lowest BCUT2D eigenvalue weighted by molar-refractivity contribution is 0.477. The van der Waals surface area contributed by atoms with Gasteiger partial charge in [-0.25, -0.2) is 0 Å². The van der Waals surface area contributed by atoms with Crippen LogP contribution in [0.3, 0.4) is 0 Å². The molecule has 4 nitrogen and oxygen atoms in total. The highest BCUT2D eigenvalue weighted by molar-refractivity contribution is 7.00. The molecule has 0 radical (unpaired) electrons. The van der Waals surface area contributed by atoms with Crippen LogP contribution in [0.1, 0.15) is 16.7 Å². The van der Waals surface area contributed by atoms with E-state index < -0.39 is 0 Å². The van der Waals surface area contributed by atoms with E-state index in [-0.39, 0.29) is 6.71 Å². The van der Waals surface area contributed by atoms with Crippen molar-refractivity contribution in [1.29, 1.82) is 0 Å². The summed E-state index contributed by atoms with van der Waals surface area (Å²) in [4.78, 5) is 2.45. The number of hydrogen-bond donors (Lipinski definition) is 0. The summed E-state index contributed by atoms with van der Waals surface area (Å²) < 4.78 is 11.5. The molecular formula is C41H28BN3O. The summed E-state index contributed by atoms with van der Waals surface area (Å²) in [6.07, 6.45) is 0. The van der Waals surface area contributed by atoms with Gasteiger partial charge in [0.05, 0.1) is 27.9 Å². The third-order valence-electron chi connectivity index (χ3n) is 10.3. The zero-order valence-electron chi connectivity index (χ0n) is 25.8. The zero-order valence-corrected chi connectivity index (χ0v) is 25.8. The van der Waals surface area contributed by atoms with E-state index in [2.05, 4.69) is 150 Å².